The first-order valence-corrected chi connectivity index (χ1v) is 11.1. The van der Waals surface area contributed by atoms with Crippen LogP contribution in [0.3, 0.4) is 0 Å². The number of methoxy groups -OCH3 is 2. The third-order valence-electron chi connectivity index (χ3n) is 4.82. The highest BCUT2D eigenvalue weighted by molar-refractivity contribution is 7.92. The van der Waals surface area contributed by atoms with Crippen LogP contribution in [0.1, 0.15) is 12.8 Å². The molecule has 1 heterocycles. The van der Waals surface area contributed by atoms with Crippen molar-refractivity contribution in [2.75, 3.05) is 38.2 Å². The van der Waals surface area contributed by atoms with E-state index in [1.165, 1.54) is 32.4 Å². The van der Waals surface area contributed by atoms with Crippen LogP contribution in [-0.4, -0.2) is 54.3 Å². The minimum atomic E-state index is -4.04. The smallest absolute Gasteiger partial charge is 0.264 e. The van der Waals surface area contributed by atoms with Crippen LogP contribution in [0.5, 0.6) is 11.5 Å². The lowest BCUT2D eigenvalue weighted by Gasteiger charge is -2.26. The normalized spacial score (nSPS) is 16.1. The highest BCUT2D eigenvalue weighted by atomic mass is 32.2. The maximum atomic E-state index is 13.4. The van der Waals surface area contributed by atoms with Crippen molar-refractivity contribution >= 4 is 21.6 Å². The van der Waals surface area contributed by atoms with Gasteiger partial charge in [0.1, 0.15) is 18.0 Å². The van der Waals surface area contributed by atoms with Gasteiger partial charge < -0.3 is 19.5 Å². The summed E-state index contributed by atoms with van der Waals surface area (Å²) in [5, 5.41) is 2.77. The number of rotatable bonds is 9. The highest BCUT2D eigenvalue weighted by Crippen LogP contribution is 2.35. The van der Waals surface area contributed by atoms with Gasteiger partial charge in [-0.15, -0.1) is 0 Å². The molecule has 1 saturated heterocycles. The van der Waals surface area contributed by atoms with E-state index in [1.54, 1.807) is 30.3 Å². The lowest BCUT2D eigenvalue weighted by atomic mass is 10.2. The Labute approximate surface area is 176 Å². The highest BCUT2D eigenvalue weighted by Gasteiger charge is 2.30. The zero-order chi connectivity index (χ0) is 21.6. The molecule has 1 amide bonds. The van der Waals surface area contributed by atoms with Crippen LogP contribution in [0, 0.1) is 0 Å². The van der Waals surface area contributed by atoms with Gasteiger partial charge in [0.25, 0.3) is 10.0 Å². The molecular formula is C21H26N2O6S. The van der Waals surface area contributed by atoms with E-state index < -0.39 is 22.5 Å². The summed E-state index contributed by atoms with van der Waals surface area (Å²) in [5.74, 6) is 0.316. The Kier molecular flexibility index (Phi) is 7.17. The summed E-state index contributed by atoms with van der Waals surface area (Å²) in [6, 6.07) is 12.8. The molecule has 30 heavy (non-hydrogen) atoms. The fourth-order valence-corrected chi connectivity index (χ4v) is 4.67. The van der Waals surface area contributed by atoms with Gasteiger partial charge in [-0.05, 0) is 37.1 Å². The van der Waals surface area contributed by atoms with Gasteiger partial charge in [0.2, 0.25) is 5.91 Å². The summed E-state index contributed by atoms with van der Waals surface area (Å²) >= 11 is 0. The van der Waals surface area contributed by atoms with Crippen molar-refractivity contribution in [2.45, 2.75) is 23.8 Å². The summed E-state index contributed by atoms with van der Waals surface area (Å²) in [7, 11) is -1.12. The van der Waals surface area contributed by atoms with Crippen LogP contribution in [0.25, 0.3) is 0 Å². The number of nitrogens with zero attached hydrogens (tertiary/aromatic N) is 1. The molecule has 1 atom stereocenters. The van der Waals surface area contributed by atoms with E-state index in [1.807, 2.05) is 0 Å². The van der Waals surface area contributed by atoms with Crippen LogP contribution < -0.4 is 19.1 Å². The molecule has 8 nitrogen and oxygen atoms in total. The number of carbonyl (C=O) groups is 1. The third kappa shape index (κ3) is 5.03. The fraction of sp³-hybridized carbons (Fsp3) is 0.381. The number of benzene rings is 2. The van der Waals surface area contributed by atoms with Crippen LogP contribution in [-0.2, 0) is 19.6 Å². The summed E-state index contributed by atoms with van der Waals surface area (Å²) in [6.07, 6.45) is 1.78. The molecule has 2 aromatic carbocycles. The lowest BCUT2D eigenvalue weighted by molar-refractivity contribution is -0.120. The predicted octanol–water partition coefficient (Wildman–Crippen LogP) is 2.19. The summed E-state index contributed by atoms with van der Waals surface area (Å²) in [4.78, 5) is 12.7. The summed E-state index contributed by atoms with van der Waals surface area (Å²) in [5.41, 5.74) is 0.216. The average molecular weight is 435 g/mol. The van der Waals surface area contributed by atoms with Gasteiger partial charge in [-0.25, -0.2) is 8.42 Å². The zero-order valence-corrected chi connectivity index (χ0v) is 17.9. The Morgan fingerprint density at radius 1 is 1.17 bits per heavy atom. The monoisotopic (exact) mass is 434 g/mol. The molecule has 3 rings (SSSR count). The molecule has 0 aromatic heterocycles. The number of nitrogens with one attached hydrogen (secondary N) is 1. The number of hydrogen-bond donors (Lipinski definition) is 1. The molecule has 1 fully saturated rings. The van der Waals surface area contributed by atoms with Crippen LogP contribution in [0.4, 0.5) is 5.69 Å². The van der Waals surface area contributed by atoms with Crippen molar-refractivity contribution in [1.82, 2.24) is 5.32 Å². The Bertz CT molecular complexity index is 959. The molecule has 162 valence electrons. The first-order valence-electron chi connectivity index (χ1n) is 9.64. The number of ether oxygens (including phenoxy) is 3. The van der Waals surface area contributed by atoms with Gasteiger partial charge in [-0.3, -0.25) is 9.10 Å². The van der Waals surface area contributed by atoms with E-state index in [-0.39, 0.29) is 16.7 Å². The summed E-state index contributed by atoms with van der Waals surface area (Å²) < 4.78 is 44.0. The lowest BCUT2D eigenvalue weighted by Crippen LogP contribution is -2.43. The molecule has 1 aliphatic rings. The van der Waals surface area contributed by atoms with Crippen molar-refractivity contribution in [1.29, 1.82) is 0 Å². The zero-order valence-electron chi connectivity index (χ0n) is 17.0. The second-order valence-electron chi connectivity index (χ2n) is 6.80. The van der Waals surface area contributed by atoms with Crippen LogP contribution in [0.2, 0.25) is 0 Å². The SMILES string of the molecule is COc1ccc(OC)c(N(CC(=O)NC[C@H]2CCCO2)S(=O)(=O)c2ccccc2)c1. The number of anilines is 1. The largest absolute Gasteiger partial charge is 0.497 e. The fourth-order valence-electron chi connectivity index (χ4n) is 3.23. The Hall–Kier alpha value is -2.78. The van der Waals surface area contributed by atoms with Gasteiger partial charge in [0.15, 0.2) is 0 Å². The second-order valence-corrected chi connectivity index (χ2v) is 8.66. The average Bonchev–Trinajstić information content (AvgIpc) is 3.30. The molecule has 1 aliphatic heterocycles. The molecule has 2 aromatic rings. The molecule has 0 unspecified atom stereocenters. The summed E-state index contributed by atoms with van der Waals surface area (Å²) in [6.45, 7) is 0.608. The van der Waals surface area contributed by atoms with Crippen molar-refractivity contribution < 1.29 is 27.4 Å². The Morgan fingerprint density at radius 2 is 1.93 bits per heavy atom. The molecule has 1 N–H and O–H groups in total. The molecule has 9 heteroatoms. The molecule has 0 radical (unpaired) electrons. The van der Waals surface area contributed by atoms with Crippen molar-refractivity contribution in [2.24, 2.45) is 0 Å². The molecule has 0 bridgehead atoms. The van der Waals surface area contributed by atoms with E-state index in [2.05, 4.69) is 5.32 Å². The second kappa shape index (κ2) is 9.82. The van der Waals surface area contributed by atoms with E-state index in [4.69, 9.17) is 14.2 Å². The molecule has 0 aliphatic carbocycles. The van der Waals surface area contributed by atoms with Crippen molar-refractivity contribution in [3.05, 3.63) is 48.5 Å². The molecular weight excluding hydrogens is 408 g/mol. The van der Waals surface area contributed by atoms with Gasteiger partial charge in [-0.2, -0.15) is 0 Å². The first kappa shape index (κ1) is 21.9. The van der Waals surface area contributed by atoms with Crippen LogP contribution >= 0.6 is 0 Å². The van der Waals surface area contributed by atoms with Crippen LogP contribution in [0.15, 0.2) is 53.4 Å². The predicted molar refractivity (Wildman–Crippen MR) is 113 cm³/mol. The Balaban J connectivity index is 1.94. The van der Waals surface area contributed by atoms with Gasteiger partial charge >= 0.3 is 0 Å². The van der Waals surface area contributed by atoms with E-state index in [0.29, 0.717) is 24.7 Å². The minimum absolute atomic E-state index is 0.0421. The number of sulfonamides is 1. The topological polar surface area (TPSA) is 94.2 Å². The molecule has 0 spiro atoms. The quantitative estimate of drug-likeness (QED) is 0.650. The third-order valence-corrected chi connectivity index (χ3v) is 6.60. The standard InChI is InChI=1S/C21H26N2O6S/c1-27-16-10-11-20(28-2)19(13-16)23(30(25,26)18-8-4-3-5-9-18)15-21(24)22-14-17-7-6-12-29-17/h3-5,8-11,13,17H,6-7,12,14-15H2,1-2H3,(H,22,24)/t17-/m1/s1. The first-order chi connectivity index (χ1) is 14.5. The number of amides is 1. The maximum Gasteiger partial charge on any atom is 0.264 e. The van der Waals surface area contributed by atoms with E-state index in [0.717, 1.165) is 17.1 Å². The van der Waals surface area contributed by atoms with Crippen molar-refractivity contribution in [3.63, 3.8) is 0 Å². The van der Waals surface area contributed by atoms with Crippen molar-refractivity contribution in [3.8, 4) is 11.5 Å². The Morgan fingerprint density at radius 3 is 2.57 bits per heavy atom. The maximum absolute atomic E-state index is 13.4. The van der Waals surface area contributed by atoms with Gasteiger partial charge in [0, 0.05) is 19.2 Å². The number of hydrogen-bond acceptors (Lipinski definition) is 6. The van der Waals surface area contributed by atoms with E-state index in [9.17, 15) is 13.2 Å². The minimum Gasteiger partial charge on any atom is -0.497 e. The molecule has 0 saturated carbocycles. The van der Waals surface area contributed by atoms with Gasteiger partial charge in [-0.1, -0.05) is 18.2 Å². The van der Waals surface area contributed by atoms with Gasteiger partial charge in [0.05, 0.1) is 30.9 Å². The number of carbonyl (C=O) groups excluding carboxylic acids is 1. The van der Waals surface area contributed by atoms with E-state index >= 15 is 0 Å².